The third-order valence-corrected chi connectivity index (χ3v) is 4.04. The quantitative estimate of drug-likeness (QED) is 0.577. The van der Waals surface area contributed by atoms with Crippen LogP contribution in [0.25, 0.3) is 10.8 Å². The number of esters is 1. The number of aryl methyl sites for hydroxylation is 1. The van der Waals surface area contributed by atoms with Crippen LogP contribution in [0, 0.1) is 0 Å². The van der Waals surface area contributed by atoms with Gasteiger partial charge in [-0.2, -0.15) is 5.10 Å². The summed E-state index contributed by atoms with van der Waals surface area (Å²) >= 11 is 0. The molecule has 0 saturated heterocycles. The molecule has 2 aromatic rings. The van der Waals surface area contributed by atoms with Gasteiger partial charge >= 0.3 is 5.97 Å². The zero-order valence-electron chi connectivity index (χ0n) is 15.4. The number of aromatic nitrogens is 2. The van der Waals surface area contributed by atoms with Crippen molar-refractivity contribution in [2.75, 3.05) is 6.54 Å². The zero-order chi connectivity index (χ0) is 19.1. The molecule has 0 fully saturated rings. The normalized spacial score (nSPS) is 12.0. The van der Waals surface area contributed by atoms with E-state index in [4.69, 9.17) is 4.74 Å². The molecule has 7 nitrogen and oxygen atoms in total. The minimum Gasteiger partial charge on any atom is -0.448 e. The van der Waals surface area contributed by atoms with E-state index in [1.807, 2.05) is 0 Å². The number of fused-ring (bicyclic) bond motifs is 1. The predicted molar refractivity (Wildman–Crippen MR) is 99.1 cm³/mol. The van der Waals surface area contributed by atoms with E-state index in [2.05, 4.69) is 17.3 Å². The van der Waals surface area contributed by atoms with Gasteiger partial charge in [0.25, 0.3) is 11.5 Å². The van der Waals surface area contributed by atoms with Crippen LogP contribution in [0.5, 0.6) is 0 Å². The maximum absolute atomic E-state index is 12.6. The molecule has 7 heteroatoms. The number of hydrogen-bond acceptors (Lipinski definition) is 5. The molecule has 0 aliphatic carbocycles. The van der Waals surface area contributed by atoms with Gasteiger partial charge in [0.05, 0.1) is 5.39 Å². The molecule has 1 heterocycles. The van der Waals surface area contributed by atoms with Crippen molar-refractivity contribution < 1.29 is 14.3 Å². The Labute approximate surface area is 152 Å². The van der Waals surface area contributed by atoms with Crippen LogP contribution < -0.4 is 10.9 Å². The largest absolute Gasteiger partial charge is 0.448 e. The van der Waals surface area contributed by atoms with Gasteiger partial charge < -0.3 is 10.1 Å². The van der Waals surface area contributed by atoms with Crippen LogP contribution in [0.2, 0.25) is 0 Å². The summed E-state index contributed by atoms with van der Waals surface area (Å²) in [5.41, 5.74) is -0.183. The van der Waals surface area contributed by atoms with Crippen LogP contribution >= 0.6 is 0 Å². The van der Waals surface area contributed by atoms with E-state index in [1.54, 1.807) is 31.2 Å². The molecule has 2 rings (SSSR count). The van der Waals surface area contributed by atoms with Gasteiger partial charge in [-0.25, -0.2) is 9.48 Å². The van der Waals surface area contributed by atoms with Gasteiger partial charge in [-0.05, 0) is 26.3 Å². The third-order valence-electron chi connectivity index (χ3n) is 4.04. The van der Waals surface area contributed by atoms with Crippen molar-refractivity contribution >= 4 is 22.6 Å². The van der Waals surface area contributed by atoms with Crippen LogP contribution in [0.15, 0.2) is 29.1 Å². The standard InChI is InChI=1S/C19H25N3O4/c1-4-6-9-12-22-18(24)15-11-8-7-10-14(15)16(21-22)19(25)26-13(3)17(23)20-5-2/h7-8,10-11,13H,4-6,9,12H2,1-3H3,(H,20,23)/t13-/m1/s1. The van der Waals surface area contributed by atoms with E-state index in [-0.39, 0.29) is 17.2 Å². The molecular formula is C19H25N3O4. The third kappa shape index (κ3) is 4.47. The second-order valence-corrected chi connectivity index (χ2v) is 6.07. The highest BCUT2D eigenvalue weighted by Gasteiger charge is 2.22. The highest BCUT2D eigenvalue weighted by molar-refractivity contribution is 6.02. The Bertz CT molecular complexity index is 844. The van der Waals surface area contributed by atoms with Gasteiger partial charge in [-0.3, -0.25) is 9.59 Å². The fraction of sp³-hybridized carbons (Fsp3) is 0.474. The summed E-state index contributed by atoms with van der Waals surface area (Å²) in [4.78, 5) is 37.0. The molecule has 1 atom stereocenters. The highest BCUT2D eigenvalue weighted by Crippen LogP contribution is 2.15. The average Bonchev–Trinajstić information content (AvgIpc) is 2.64. The number of likely N-dealkylation sites (N-methyl/N-ethyl adjacent to an activating group) is 1. The Hall–Kier alpha value is -2.70. The van der Waals surface area contributed by atoms with Crippen LogP contribution in [0.3, 0.4) is 0 Å². The monoisotopic (exact) mass is 359 g/mol. The van der Waals surface area contributed by atoms with Gasteiger partial charge in [-0.1, -0.05) is 38.0 Å². The van der Waals surface area contributed by atoms with Crippen molar-refractivity contribution in [3.63, 3.8) is 0 Å². The summed E-state index contributed by atoms with van der Waals surface area (Å²) in [5.74, 6) is -1.09. The topological polar surface area (TPSA) is 90.3 Å². The summed E-state index contributed by atoms with van der Waals surface area (Å²) in [5, 5.41) is 7.67. The lowest BCUT2D eigenvalue weighted by atomic mass is 10.1. The molecule has 1 amide bonds. The molecule has 1 aromatic heterocycles. The van der Waals surface area contributed by atoms with Crippen molar-refractivity contribution in [2.24, 2.45) is 0 Å². The van der Waals surface area contributed by atoms with E-state index in [0.29, 0.717) is 23.9 Å². The van der Waals surface area contributed by atoms with Crippen LogP contribution in [0.1, 0.15) is 50.5 Å². The highest BCUT2D eigenvalue weighted by atomic mass is 16.5. The molecule has 0 aliphatic heterocycles. The van der Waals surface area contributed by atoms with Crippen molar-refractivity contribution in [1.29, 1.82) is 0 Å². The van der Waals surface area contributed by atoms with E-state index < -0.39 is 12.1 Å². The summed E-state index contributed by atoms with van der Waals surface area (Å²) in [6, 6.07) is 6.80. The van der Waals surface area contributed by atoms with E-state index in [1.165, 1.54) is 11.6 Å². The number of unbranched alkanes of at least 4 members (excludes halogenated alkanes) is 2. The Morgan fingerprint density at radius 1 is 1.19 bits per heavy atom. The van der Waals surface area contributed by atoms with Crippen molar-refractivity contribution in [3.05, 3.63) is 40.3 Å². The van der Waals surface area contributed by atoms with Crippen molar-refractivity contribution in [2.45, 2.75) is 52.7 Å². The fourth-order valence-corrected chi connectivity index (χ4v) is 2.64. The molecule has 0 radical (unpaired) electrons. The Balaban J connectivity index is 2.38. The molecule has 0 unspecified atom stereocenters. The number of nitrogens with one attached hydrogen (secondary N) is 1. The molecule has 1 N–H and O–H groups in total. The fourth-order valence-electron chi connectivity index (χ4n) is 2.64. The van der Waals surface area contributed by atoms with Crippen molar-refractivity contribution in [1.82, 2.24) is 15.1 Å². The number of ether oxygens (including phenoxy) is 1. The lowest BCUT2D eigenvalue weighted by molar-refractivity contribution is -0.128. The first-order valence-electron chi connectivity index (χ1n) is 8.98. The van der Waals surface area contributed by atoms with E-state index >= 15 is 0 Å². The number of nitrogens with zero attached hydrogens (tertiary/aromatic N) is 2. The first-order valence-corrected chi connectivity index (χ1v) is 8.98. The van der Waals surface area contributed by atoms with Crippen molar-refractivity contribution in [3.8, 4) is 0 Å². The Morgan fingerprint density at radius 3 is 2.54 bits per heavy atom. The average molecular weight is 359 g/mol. The number of carbonyl (C=O) groups excluding carboxylic acids is 2. The van der Waals surface area contributed by atoms with Gasteiger partial charge in [0, 0.05) is 18.5 Å². The lowest BCUT2D eigenvalue weighted by Gasteiger charge is -2.14. The van der Waals surface area contributed by atoms with E-state index in [9.17, 15) is 14.4 Å². The summed E-state index contributed by atoms with van der Waals surface area (Å²) in [6.07, 6.45) is 1.84. The Morgan fingerprint density at radius 2 is 1.88 bits per heavy atom. The lowest BCUT2D eigenvalue weighted by Crippen LogP contribution is -2.36. The second-order valence-electron chi connectivity index (χ2n) is 6.07. The summed E-state index contributed by atoms with van der Waals surface area (Å²) in [6.45, 7) is 6.24. The summed E-state index contributed by atoms with van der Waals surface area (Å²) < 4.78 is 6.56. The minimum atomic E-state index is -0.941. The number of hydrogen-bond donors (Lipinski definition) is 1. The molecule has 0 bridgehead atoms. The number of benzene rings is 1. The zero-order valence-corrected chi connectivity index (χ0v) is 15.4. The molecular weight excluding hydrogens is 334 g/mol. The van der Waals surface area contributed by atoms with Gasteiger partial charge in [0.15, 0.2) is 11.8 Å². The number of rotatable bonds is 8. The second kappa shape index (κ2) is 9.12. The first kappa shape index (κ1) is 19.6. The molecule has 0 spiro atoms. The molecule has 1 aromatic carbocycles. The molecule has 0 saturated carbocycles. The first-order chi connectivity index (χ1) is 12.5. The molecule has 140 valence electrons. The SMILES string of the molecule is CCCCCn1nc(C(=O)O[C@H](C)C(=O)NCC)c2ccccc2c1=O. The summed E-state index contributed by atoms with van der Waals surface area (Å²) in [7, 11) is 0. The molecule has 26 heavy (non-hydrogen) atoms. The maximum Gasteiger partial charge on any atom is 0.360 e. The minimum absolute atomic E-state index is 0.0489. The van der Waals surface area contributed by atoms with Crippen LogP contribution in [0.4, 0.5) is 0 Å². The maximum atomic E-state index is 12.6. The van der Waals surface area contributed by atoms with Crippen LogP contribution in [-0.4, -0.2) is 34.3 Å². The van der Waals surface area contributed by atoms with Gasteiger partial charge in [-0.15, -0.1) is 0 Å². The number of amides is 1. The van der Waals surface area contributed by atoms with Gasteiger partial charge in [0.1, 0.15) is 0 Å². The number of carbonyl (C=O) groups is 2. The Kier molecular flexibility index (Phi) is 6.89. The van der Waals surface area contributed by atoms with Crippen LogP contribution in [-0.2, 0) is 16.1 Å². The van der Waals surface area contributed by atoms with Gasteiger partial charge in [0.2, 0.25) is 0 Å². The predicted octanol–water partition coefficient (Wildman–Crippen LogP) is 2.27. The smallest absolute Gasteiger partial charge is 0.360 e. The molecule has 0 aliphatic rings. The van der Waals surface area contributed by atoms with E-state index in [0.717, 1.165) is 19.3 Å².